The minimum atomic E-state index is 0.0326. The zero-order valence-corrected chi connectivity index (χ0v) is 16.8. The highest BCUT2D eigenvalue weighted by Crippen LogP contribution is 2.34. The van der Waals surface area contributed by atoms with Crippen LogP contribution in [0.3, 0.4) is 0 Å². The molecule has 0 atom stereocenters. The van der Waals surface area contributed by atoms with E-state index in [1.807, 2.05) is 41.3 Å². The topological polar surface area (TPSA) is 29.5 Å². The number of amides is 1. The first-order valence-electron chi connectivity index (χ1n) is 9.38. The van der Waals surface area contributed by atoms with E-state index in [1.54, 1.807) is 14.0 Å². The third-order valence-corrected chi connectivity index (χ3v) is 5.56. The van der Waals surface area contributed by atoms with Crippen LogP contribution in [0.15, 0.2) is 60.7 Å². The fourth-order valence-corrected chi connectivity index (χ4v) is 4.08. The Balaban J connectivity index is 1.78. The molecule has 0 aliphatic carbocycles. The summed E-state index contributed by atoms with van der Waals surface area (Å²) in [5, 5.41) is 0.700. The second kappa shape index (κ2) is 7.69. The van der Waals surface area contributed by atoms with E-state index in [9.17, 15) is 4.79 Å². The third-order valence-electron chi connectivity index (χ3n) is 5.33. The maximum atomic E-state index is 12.4. The van der Waals surface area contributed by atoms with Crippen molar-refractivity contribution in [2.75, 3.05) is 12.0 Å². The molecule has 0 N–H and O–H groups in total. The molecule has 4 rings (SSSR count). The number of aryl methyl sites for hydroxylation is 2. The second-order valence-electron chi connectivity index (χ2n) is 7.06. The Labute approximate surface area is 170 Å². The number of para-hydroxylation sites is 1. The summed E-state index contributed by atoms with van der Waals surface area (Å²) in [5.74, 6) is 0.890. The van der Waals surface area contributed by atoms with Gasteiger partial charge >= 0.3 is 0 Å². The molecule has 4 heteroatoms. The zero-order valence-electron chi connectivity index (χ0n) is 16.0. The smallest absolute Gasteiger partial charge is 0.224 e. The van der Waals surface area contributed by atoms with Crippen molar-refractivity contribution in [2.45, 2.75) is 26.3 Å². The minimum absolute atomic E-state index is 0.0326. The lowest BCUT2D eigenvalue weighted by Crippen LogP contribution is -2.30. The second-order valence-corrected chi connectivity index (χ2v) is 7.50. The van der Waals surface area contributed by atoms with Gasteiger partial charge in [-0.25, -0.2) is 0 Å². The molecule has 0 unspecified atom stereocenters. The van der Waals surface area contributed by atoms with Gasteiger partial charge in [-0.1, -0.05) is 48.0 Å². The molecule has 0 bridgehead atoms. The predicted octanol–water partition coefficient (Wildman–Crippen LogP) is 5.67. The van der Waals surface area contributed by atoms with Crippen LogP contribution >= 0.6 is 11.6 Å². The van der Waals surface area contributed by atoms with Crippen molar-refractivity contribution in [2.24, 2.45) is 0 Å². The lowest BCUT2D eigenvalue weighted by molar-refractivity contribution is -0.116. The fraction of sp³-hybridized carbons (Fsp3) is 0.208. The van der Waals surface area contributed by atoms with Gasteiger partial charge in [0.15, 0.2) is 0 Å². The standard InChI is InChI=1S/C24H22ClNO2/c1-16(27)26-15-20-10-8-18(22-5-3-4-6-24(22)28-2)13-17(20)7-9-19-14-21(25)11-12-23(19)26/h3-6,8,10-14H,7,9,15H2,1-2H3. The van der Waals surface area contributed by atoms with Crippen molar-refractivity contribution in [1.82, 2.24) is 0 Å². The van der Waals surface area contributed by atoms with E-state index in [0.29, 0.717) is 11.6 Å². The normalized spacial score (nSPS) is 13.2. The summed E-state index contributed by atoms with van der Waals surface area (Å²) in [5.41, 5.74) is 6.68. The summed E-state index contributed by atoms with van der Waals surface area (Å²) in [4.78, 5) is 14.2. The summed E-state index contributed by atoms with van der Waals surface area (Å²) in [6.07, 6.45) is 1.74. The highest BCUT2D eigenvalue weighted by atomic mass is 35.5. The number of ether oxygens (including phenoxy) is 1. The minimum Gasteiger partial charge on any atom is -0.496 e. The highest BCUT2D eigenvalue weighted by molar-refractivity contribution is 6.30. The van der Waals surface area contributed by atoms with Crippen LogP contribution in [0.1, 0.15) is 23.6 Å². The van der Waals surface area contributed by atoms with Gasteiger partial charge in [-0.15, -0.1) is 0 Å². The molecule has 0 fully saturated rings. The van der Waals surface area contributed by atoms with Gasteiger partial charge in [-0.2, -0.15) is 0 Å². The summed E-state index contributed by atoms with van der Waals surface area (Å²) in [7, 11) is 1.69. The SMILES string of the molecule is COc1ccccc1-c1ccc2c(c1)CCc1cc(Cl)ccc1N(C(C)=O)C2. The number of carbonyl (C=O) groups excluding carboxylic acids is 1. The van der Waals surface area contributed by atoms with Gasteiger partial charge in [0.25, 0.3) is 0 Å². The average molecular weight is 392 g/mol. The summed E-state index contributed by atoms with van der Waals surface area (Å²) < 4.78 is 5.53. The number of fused-ring (bicyclic) bond motifs is 2. The Morgan fingerprint density at radius 1 is 0.964 bits per heavy atom. The molecular formula is C24H22ClNO2. The van der Waals surface area contributed by atoms with Crippen LogP contribution in [0, 0.1) is 0 Å². The number of nitrogens with zero attached hydrogens (tertiary/aromatic N) is 1. The molecule has 0 aromatic heterocycles. The molecule has 3 aromatic carbocycles. The Bertz CT molecular complexity index is 1040. The summed E-state index contributed by atoms with van der Waals surface area (Å²) in [6.45, 7) is 2.17. The molecule has 28 heavy (non-hydrogen) atoms. The van der Waals surface area contributed by atoms with Gasteiger partial charge < -0.3 is 9.64 Å². The van der Waals surface area contributed by atoms with Gasteiger partial charge in [0.2, 0.25) is 5.91 Å². The first-order valence-corrected chi connectivity index (χ1v) is 9.76. The van der Waals surface area contributed by atoms with Gasteiger partial charge in [0, 0.05) is 23.2 Å². The number of halogens is 1. The maximum Gasteiger partial charge on any atom is 0.224 e. The molecule has 1 amide bonds. The van der Waals surface area contributed by atoms with E-state index in [0.717, 1.165) is 41.0 Å². The molecule has 0 saturated heterocycles. The maximum absolute atomic E-state index is 12.4. The zero-order chi connectivity index (χ0) is 19.7. The van der Waals surface area contributed by atoms with Crippen molar-refractivity contribution in [3.8, 4) is 16.9 Å². The number of hydrogen-bond donors (Lipinski definition) is 0. The van der Waals surface area contributed by atoms with E-state index in [1.165, 1.54) is 11.1 Å². The Hall–Kier alpha value is -2.78. The molecular weight excluding hydrogens is 370 g/mol. The quantitative estimate of drug-likeness (QED) is 0.563. The number of methoxy groups -OCH3 is 1. The first kappa shape index (κ1) is 18.6. The van der Waals surface area contributed by atoms with Crippen LogP contribution in [0.25, 0.3) is 11.1 Å². The van der Waals surface area contributed by atoms with Gasteiger partial charge in [-0.3, -0.25) is 4.79 Å². The average Bonchev–Trinajstić information content (AvgIpc) is 2.69. The number of anilines is 1. The van der Waals surface area contributed by atoms with Crippen molar-refractivity contribution in [3.05, 3.63) is 82.4 Å². The van der Waals surface area contributed by atoms with E-state index in [-0.39, 0.29) is 5.91 Å². The summed E-state index contributed by atoms with van der Waals surface area (Å²) in [6, 6.07) is 20.3. The van der Waals surface area contributed by atoms with Crippen LogP contribution in [0.5, 0.6) is 5.75 Å². The van der Waals surface area contributed by atoms with Gasteiger partial charge in [-0.05, 0) is 59.4 Å². The van der Waals surface area contributed by atoms with Crippen molar-refractivity contribution in [3.63, 3.8) is 0 Å². The molecule has 1 aliphatic heterocycles. The van der Waals surface area contributed by atoms with Gasteiger partial charge in [0.1, 0.15) is 5.75 Å². The van der Waals surface area contributed by atoms with E-state index in [2.05, 4.69) is 24.3 Å². The number of rotatable bonds is 2. The van der Waals surface area contributed by atoms with Crippen LogP contribution < -0.4 is 9.64 Å². The van der Waals surface area contributed by atoms with Crippen molar-refractivity contribution >= 4 is 23.2 Å². The first-order chi connectivity index (χ1) is 13.6. The predicted molar refractivity (Wildman–Crippen MR) is 114 cm³/mol. The molecule has 0 radical (unpaired) electrons. The number of carbonyl (C=O) groups is 1. The Morgan fingerprint density at radius 2 is 1.75 bits per heavy atom. The van der Waals surface area contributed by atoms with Crippen LogP contribution in [-0.2, 0) is 24.2 Å². The van der Waals surface area contributed by atoms with E-state index in [4.69, 9.17) is 16.3 Å². The molecule has 3 nitrogen and oxygen atoms in total. The molecule has 1 heterocycles. The van der Waals surface area contributed by atoms with Crippen LogP contribution in [0.2, 0.25) is 5.02 Å². The number of hydrogen-bond acceptors (Lipinski definition) is 2. The lowest BCUT2D eigenvalue weighted by Gasteiger charge is -2.28. The van der Waals surface area contributed by atoms with Crippen molar-refractivity contribution in [1.29, 1.82) is 0 Å². The molecule has 1 aliphatic rings. The molecule has 0 saturated carbocycles. The Kier molecular flexibility index (Phi) is 5.10. The van der Waals surface area contributed by atoms with E-state index >= 15 is 0 Å². The largest absolute Gasteiger partial charge is 0.496 e. The molecule has 0 spiro atoms. The fourth-order valence-electron chi connectivity index (χ4n) is 3.89. The molecule has 142 valence electrons. The lowest BCUT2D eigenvalue weighted by atomic mass is 9.92. The number of benzene rings is 3. The molecule has 3 aromatic rings. The van der Waals surface area contributed by atoms with Crippen molar-refractivity contribution < 1.29 is 9.53 Å². The van der Waals surface area contributed by atoms with E-state index < -0.39 is 0 Å². The highest BCUT2D eigenvalue weighted by Gasteiger charge is 2.21. The third kappa shape index (κ3) is 3.50. The van der Waals surface area contributed by atoms with Gasteiger partial charge in [0.05, 0.1) is 13.7 Å². The Morgan fingerprint density at radius 3 is 2.54 bits per heavy atom. The van der Waals surface area contributed by atoms with Crippen LogP contribution in [-0.4, -0.2) is 13.0 Å². The monoisotopic (exact) mass is 391 g/mol. The summed E-state index contributed by atoms with van der Waals surface area (Å²) >= 11 is 6.22. The van der Waals surface area contributed by atoms with Crippen LogP contribution in [0.4, 0.5) is 5.69 Å².